The monoisotopic (exact) mass is 463 g/mol. The summed E-state index contributed by atoms with van der Waals surface area (Å²) in [5.41, 5.74) is 8.81. The van der Waals surface area contributed by atoms with E-state index in [1.165, 1.54) is 6.42 Å². The Labute approximate surface area is 198 Å². The zero-order chi connectivity index (χ0) is 22.6. The van der Waals surface area contributed by atoms with Gasteiger partial charge in [0.25, 0.3) is 6.02 Å². The van der Waals surface area contributed by atoms with Crippen LogP contribution < -0.4 is 10.5 Å². The van der Waals surface area contributed by atoms with Crippen LogP contribution in [0.3, 0.4) is 0 Å². The molecular formula is C26H26ClN3O3. The van der Waals surface area contributed by atoms with Gasteiger partial charge in [0.2, 0.25) is 0 Å². The maximum atomic E-state index is 9.37. The van der Waals surface area contributed by atoms with Crippen molar-refractivity contribution in [3.05, 3.63) is 52.5 Å². The Morgan fingerprint density at radius 3 is 2.70 bits per heavy atom. The Hall–Kier alpha value is -2.75. The number of rotatable bonds is 3. The van der Waals surface area contributed by atoms with Crippen LogP contribution in [-0.2, 0) is 15.0 Å². The molecule has 0 aromatic heterocycles. The molecule has 1 spiro atoms. The molecule has 2 heterocycles. The van der Waals surface area contributed by atoms with E-state index in [-0.39, 0.29) is 24.1 Å². The minimum atomic E-state index is -0.601. The molecule has 7 heteroatoms. The van der Waals surface area contributed by atoms with Crippen LogP contribution in [0.4, 0.5) is 0 Å². The minimum Gasteiger partial charge on any atom is -0.490 e. The molecule has 6 nitrogen and oxygen atoms in total. The number of ether oxygens (including phenoxy) is 3. The van der Waals surface area contributed by atoms with Crippen molar-refractivity contribution in [3.8, 4) is 22.9 Å². The third-order valence-electron chi connectivity index (χ3n) is 7.62. The Balaban J connectivity index is 1.41. The van der Waals surface area contributed by atoms with Crippen molar-refractivity contribution in [1.82, 2.24) is 0 Å². The van der Waals surface area contributed by atoms with Crippen LogP contribution in [0, 0.1) is 17.2 Å². The van der Waals surface area contributed by atoms with Crippen molar-refractivity contribution >= 4 is 17.6 Å². The second kappa shape index (κ2) is 7.93. The largest absolute Gasteiger partial charge is 0.490 e. The number of hydrogen-bond acceptors (Lipinski definition) is 6. The predicted octanol–water partition coefficient (Wildman–Crippen LogP) is 4.92. The smallest absolute Gasteiger partial charge is 0.283 e. The fourth-order valence-corrected chi connectivity index (χ4v) is 5.99. The van der Waals surface area contributed by atoms with Crippen LogP contribution in [-0.4, -0.2) is 30.9 Å². The molecule has 4 aliphatic rings. The van der Waals surface area contributed by atoms with Gasteiger partial charge in [0.05, 0.1) is 23.8 Å². The predicted molar refractivity (Wildman–Crippen MR) is 125 cm³/mol. The lowest BCUT2D eigenvalue weighted by Gasteiger charge is -2.48. The summed E-state index contributed by atoms with van der Waals surface area (Å²) in [5.74, 6) is 0.942. The van der Waals surface area contributed by atoms with Crippen LogP contribution in [0.5, 0.6) is 5.75 Å². The molecular weight excluding hydrogens is 438 g/mol. The number of nitriles is 1. The SMILES string of the molecule is N#Cc1cc(Cl)cc(-c2ccc3c(c2)[C@]2(COC(N)=N2)C2C[C@@H](OC4CCC4)CCC2O3)c1. The molecule has 0 bridgehead atoms. The van der Waals surface area contributed by atoms with Crippen LogP contribution >= 0.6 is 11.6 Å². The van der Waals surface area contributed by atoms with E-state index in [1.54, 1.807) is 6.07 Å². The highest BCUT2D eigenvalue weighted by atomic mass is 35.5. The van der Waals surface area contributed by atoms with Gasteiger partial charge in [-0.05, 0) is 80.0 Å². The summed E-state index contributed by atoms with van der Waals surface area (Å²) in [6, 6.07) is 13.9. The summed E-state index contributed by atoms with van der Waals surface area (Å²) in [5, 5.41) is 9.90. The van der Waals surface area contributed by atoms with Gasteiger partial charge >= 0.3 is 0 Å². The zero-order valence-electron chi connectivity index (χ0n) is 18.3. The number of amidine groups is 1. The molecule has 2 saturated carbocycles. The summed E-state index contributed by atoms with van der Waals surface area (Å²) >= 11 is 6.28. The molecule has 0 radical (unpaired) electrons. The Morgan fingerprint density at radius 1 is 1.09 bits per heavy atom. The number of benzene rings is 2. The molecule has 2 aromatic rings. The third-order valence-corrected chi connectivity index (χ3v) is 7.84. The highest BCUT2D eigenvalue weighted by molar-refractivity contribution is 6.31. The second-order valence-electron chi connectivity index (χ2n) is 9.60. The van der Waals surface area contributed by atoms with Gasteiger partial charge in [-0.1, -0.05) is 17.7 Å². The van der Waals surface area contributed by atoms with Gasteiger partial charge in [-0.3, -0.25) is 0 Å². The summed E-state index contributed by atoms with van der Waals surface area (Å²) < 4.78 is 18.7. The van der Waals surface area contributed by atoms with Crippen LogP contribution in [0.2, 0.25) is 5.02 Å². The molecule has 2 unspecified atom stereocenters. The quantitative estimate of drug-likeness (QED) is 0.697. The summed E-state index contributed by atoms with van der Waals surface area (Å²) in [4.78, 5) is 4.90. The molecule has 2 N–H and O–H groups in total. The number of aliphatic imine (C=N–C) groups is 1. The number of fused-ring (bicyclic) bond motifs is 4. The van der Waals surface area contributed by atoms with Crippen LogP contribution in [0.1, 0.15) is 49.7 Å². The number of hydrogen-bond donors (Lipinski definition) is 1. The number of nitrogens with zero attached hydrogens (tertiary/aromatic N) is 2. The van der Waals surface area contributed by atoms with Gasteiger partial charge in [0.15, 0.2) is 0 Å². The number of halogens is 1. The molecule has 2 aromatic carbocycles. The Morgan fingerprint density at radius 2 is 1.97 bits per heavy atom. The molecule has 2 aliphatic carbocycles. The summed E-state index contributed by atoms with van der Waals surface area (Å²) in [6.07, 6.45) is 7.06. The Kier molecular flexibility index (Phi) is 5.01. The lowest BCUT2D eigenvalue weighted by atomic mass is 9.67. The van der Waals surface area contributed by atoms with E-state index < -0.39 is 5.54 Å². The van der Waals surface area contributed by atoms with E-state index >= 15 is 0 Å². The van der Waals surface area contributed by atoms with Crippen molar-refractivity contribution in [3.63, 3.8) is 0 Å². The van der Waals surface area contributed by atoms with E-state index in [4.69, 9.17) is 36.5 Å². The molecule has 0 saturated heterocycles. The van der Waals surface area contributed by atoms with Gasteiger partial charge in [-0.15, -0.1) is 0 Å². The van der Waals surface area contributed by atoms with Crippen molar-refractivity contribution < 1.29 is 14.2 Å². The molecule has 6 rings (SSSR count). The first-order chi connectivity index (χ1) is 16.0. The first-order valence-electron chi connectivity index (χ1n) is 11.7. The maximum absolute atomic E-state index is 9.37. The zero-order valence-corrected chi connectivity index (χ0v) is 19.1. The van der Waals surface area contributed by atoms with Crippen molar-refractivity contribution in [2.24, 2.45) is 16.6 Å². The molecule has 0 amide bonds. The lowest BCUT2D eigenvalue weighted by molar-refractivity contribution is -0.106. The van der Waals surface area contributed by atoms with Crippen molar-refractivity contribution in [2.45, 2.75) is 62.4 Å². The van der Waals surface area contributed by atoms with Crippen LogP contribution in [0.15, 0.2) is 41.4 Å². The van der Waals surface area contributed by atoms with E-state index in [0.717, 1.165) is 54.5 Å². The van der Waals surface area contributed by atoms with E-state index in [2.05, 4.69) is 12.1 Å². The third kappa shape index (κ3) is 3.55. The van der Waals surface area contributed by atoms with E-state index in [1.807, 2.05) is 24.3 Å². The molecule has 2 aliphatic heterocycles. The fraction of sp³-hybridized carbons (Fsp3) is 0.462. The number of nitrogens with two attached hydrogens (primary N) is 1. The standard InChI is InChI=1S/C26H26ClN3O3/c27-18-9-15(13-28)8-17(10-18)16-4-6-23-21(11-16)26(14-31-25(29)30-26)22-12-20(5-7-24(22)33-23)32-19-2-1-3-19/h4,6,8-11,19-20,22,24H,1-3,5,7,12,14H2,(H2,29,30)/t20-,22?,24?,26+/m0/s1. The average Bonchev–Trinajstić information content (AvgIpc) is 3.18. The first kappa shape index (κ1) is 20.8. The van der Waals surface area contributed by atoms with E-state index in [0.29, 0.717) is 23.3 Å². The topological polar surface area (TPSA) is 89.9 Å². The second-order valence-corrected chi connectivity index (χ2v) is 10.0. The van der Waals surface area contributed by atoms with Gasteiger partial charge in [0, 0.05) is 16.5 Å². The minimum absolute atomic E-state index is 0.0548. The summed E-state index contributed by atoms with van der Waals surface area (Å²) in [7, 11) is 0. The van der Waals surface area contributed by atoms with Crippen LogP contribution in [0.25, 0.3) is 11.1 Å². The van der Waals surface area contributed by atoms with E-state index in [9.17, 15) is 5.26 Å². The van der Waals surface area contributed by atoms with Crippen molar-refractivity contribution in [1.29, 1.82) is 5.26 Å². The molecule has 2 fully saturated rings. The molecule has 170 valence electrons. The highest BCUT2D eigenvalue weighted by Crippen LogP contribution is 2.53. The lowest BCUT2D eigenvalue weighted by Crippen LogP contribution is -2.52. The average molecular weight is 464 g/mol. The first-order valence-corrected chi connectivity index (χ1v) is 12.1. The maximum Gasteiger partial charge on any atom is 0.283 e. The van der Waals surface area contributed by atoms with Gasteiger partial charge in [-0.2, -0.15) is 5.26 Å². The van der Waals surface area contributed by atoms with Gasteiger partial charge < -0.3 is 19.9 Å². The van der Waals surface area contributed by atoms with Crippen molar-refractivity contribution in [2.75, 3.05) is 6.61 Å². The fourth-order valence-electron chi connectivity index (χ4n) is 5.76. The Bertz CT molecular complexity index is 1170. The molecule has 33 heavy (non-hydrogen) atoms. The van der Waals surface area contributed by atoms with Gasteiger partial charge in [-0.25, -0.2) is 4.99 Å². The molecule has 4 atom stereocenters. The normalized spacial score (nSPS) is 30.3. The van der Waals surface area contributed by atoms with Gasteiger partial charge in [0.1, 0.15) is 24.0 Å². The highest BCUT2D eigenvalue weighted by Gasteiger charge is 2.56. The summed E-state index contributed by atoms with van der Waals surface area (Å²) in [6.45, 7) is 0.398.